The first kappa shape index (κ1) is 14.5. The number of benzene rings is 1. The summed E-state index contributed by atoms with van der Waals surface area (Å²) in [7, 11) is -3.81. The summed E-state index contributed by atoms with van der Waals surface area (Å²) >= 11 is 1.15. The molecule has 0 saturated carbocycles. The molecule has 2 rings (SSSR count). The lowest BCUT2D eigenvalue weighted by Gasteiger charge is -2.10. The minimum Gasteiger partial charge on any atom is -0.545 e. The molecule has 0 saturated heterocycles. The second-order valence-electron chi connectivity index (χ2n) is 4.29. The Morgan fingerprint density at radius 2 is 1.80 bits per heavy atom. The van der Waals surface area contributed by atoms with E-state index >= 15 is 0 Å². The van der Waals surface area contributed by atoms with Gasteiger partial charge in [0.15, 0.2) is 0 Å². The fourth-order valence-corrected chi connectivity index (χ4v) is 3.62. The Labute approximate surface area is 120 Å². The maximum absolute atomic E-state index is 12.2. The number of carboxylic acid groups (broad SMARTS) is 1. The van der Waals surface area contributed by atoms with E-state index in [0.29, 0.717) is 4.88 Å². The summed E-state index contributed by atoms with van der Waals surface area (Å²) in [6.07, 6.45) is 0. The fourth-order valence-electron chi connectivity index (χ4n) is 1.70. The summed E-state index contributed by atoms with van der Waals surface area (Å²) in [4.78, 5) is 11.6. The third-order valence-electron chi connectivity index (χ3n) is 2.75. The lowest BCUT2D eigenvalue weighted by Crippen LogP contribution is -2.24. The number of anilines is 1. The van der Waals surface area contributed by atoms with Crippen molar-refractivity contribution < 1.29 is 18.3 Å². The molecule has 0 aliphatic rings. The second-order valence-corrected chi connectivity index (χ2v) is 7.05. The van der Waals surface area contributed by atoms with Crippen molar-refractivity contribution in [2.45, 2.75) is 18.7 Å². The van der Waals surface area contributed by atoms with Crippen molar-refractivity contribution in [2.24, 2.45) is 0 Å². The number of sulfonamides is 1. The van der Waals surface area contributed by atoms with E-state index in [1.165, 1.54) is 17.5 Å². The van der Waals surface area contributed by atoms with Crippen molar-refractivity contribution >= 4 is 33.0 Å². The highest BCUT2D eigenvalue weighted by Crippen LogP contribution is 2.28. The monoisotopic (exact) mass is 310 g/mol. The van der Waals surface area contributed by atoms with E-state index in [4.69, 9.17) is 0 Å². The Morgan fingerprint density at radius 1 is 1.20 bits per heavy atom. The van der Waals surface area contributed by atoms with Crippen molar-refractivity contribution in [1.29, 1.82) is 0 Å². The van der Waals surface area contributed by atoms with Gasteiger partial charge in [0.1, 0.15) is 0 Å². The molecular formula is C13H12NO4S2-. The number of aryl methyl sites for hydroxylation is 2. The molecule has 20 heavy (non-hydrogen) atoms. The minimum atomic E-state index is -3.81. The molecule has 0 aliphatic carbocycles. The van der Waals surface area contributed by atoms with Crippen molar-refractivity contribution in [3.63, 3.8) is 0 Å². The molecule has 1 heterocycles. The normalized spacial score (nSPS) is 11.3. The molecule has 0 atom stereocenters. The molecule has 1 aromatic carbocycles. The van der Waals surface area contributed by atoms with E-state index < -0.39 is 16.0 Å². The van der Waals surface area contributed by atoms with Gasteiger partial charge in [-0.25, -0.2) is 8.42 Å². The molecule has 7 heteroatoms. The zero-order chi connectivity index (χ0) is 14.9. The van der Waals surface area contributed by atoms with Crippen LogP contribution >= 0.6 is 11.3 Å². The highest BCUT2D eigenvalue weighted by molar-refractivity contribution is 7.92. The number of hydrogen-bond acceptors (Lipinski definition) is 5. The number of thiophene rings is 1. The maximum Gasteiger partial charge on any atom is 0.261 e. The van der Waals surface area contributed by atoms with Crippen LogP contribution in [0.5, 0.6) is 0 Å². The van der Waals surface area contributed by atoms with Gasteiger partial charge in [0, 0.05) is 15.8 Å². The largest absolute Gasteiger partial charge is 0.545 e. The lowest BCUT2D eigenvalue weighted by atomic mass is 10.2. The number of carbonyl (C=O) groups is 1. The maximum atomic E-state index is 12.2. The van der Waals surface area contributed by atoms with Crippen molar-refractivity contribution in [1.82, 2.24) is 0 Å². The Hall–Kier alpha value is -1.86. The molecule has 2 aromatic rings. The van der Waals surface area contributed by atoms with E-state index in [9.17, 15) is 18.3 Å². The topological polar surface area (TPSA) is 86.3 Å². The Morgan fingerprint density at radius 3 is 2.35 bits per heavy atom. The molecule has 1 N–H and O–H groups in total. The number of hydrogen-bond donors (Lipinski definition) is 1. The van der Waals surface area contributed by atoms with Gasteiger partial charge < -0.3 is 9.90 Å². The zero-order valence-corrected chi connectivity index (χ0v) is 12.5. The van der Waals surface area contributed by atoms with Crippen LogP contribution in [0.3, 0.4) is 0 Å². The second kappa shape index (κ2) is 5.26. The van der Waals surface area contributed by atoms with Crippen LogP contribution in [0, 0.1) is 13.8 Å². The molecule has 0 spiro atoms. The predicted molar refractivity (Wildman–Crippen MR) is 75.4 cm³/mol. The first-order chi connectivity index (χ1) is 9.31. The smallest absolute Gasteiger partial charge is 0.261 e. The van der Waals surface area contributed by atoms with Crippen LogP contribution < -0.4 is 9.83 Å². The van der Waals surface area contributed by atoms with E-state index in [0.717, 1.165) is 16.9 Å². The summed E-state index contributed by atoms with van der Waals surface area (Å²) in [5.41, 5.74) is 0.851. The van der Waals surface area contributed by atoms with Crippen LogP contribution in [0.2, 0.25) is 0 Å². The molecule has 5 nitrogen and oxygen atoms in total. The van der Waals surface area contributed by atoms with Crippen LogP contribution in [0.4, 0.5) is 5.69 Å². The number of aromatic carboxylic acids is 1. The first-order valence-electron chi connectivity index (χ1n) is 5.70. The van der Waals surface area contributed by atoms with Gasteiger partial charge in [-0.1, -0.05) is 17.7 Å². The summed E-state index contributed by atoms with van der Waals surface area (Å²) < 4.78 is 26.6. The van der Waals surface area contributed by atoms with Gasteiger partial charge >= 0.3 is 0 Å². The molecular weight excluding hydrogens is 298 g/mol. The number of carboxylic acids is 1. The highest BCUT2D eigenvalue weighted by Gasteiger charge is 2.18. The standard InChI is InChI=1S/C13H13NO4S2/c1-8-3-5-10(6-4-8)20(17,18)14-11-7-19-9(2)12(11)13(15)16/h3-7,14H,1-2H3,(H,15,16)/p-1. The zero-order valence-electron chi connectivity index (χ0n) is 10.8. The molecule has 0 unspecified atom stereocenters. The van der Waals surface area contributed by atoms with Gasteiger partial charge in [0.2, 0.25) is 0 Å². The molecule has 0 amide bonds. The Balaban J connectivity index is 2.38. The van der Waals surface area contributed by atoms with Crippen LogP contribution in [0.15, 0.2) is 34.5 Å². The van der Waals surface area contributed by atoms with Gasteiger partial charge in [-0.05, 0) is 26.0 Å². The average Bonchev–Trinajstić information content (AvgIpc) is 2.70. The summed E-state index contributed by atoms with van der Waals surface area (Å²) in [6, 6.07) is 6.28. The van der Waals surface area contributed by atoms with Crippen molar-refractivity contribution in [2.75, 3.05) is 4.72 Å². The number of carbonyl (C=O) groups excluding carboxylic acids is 1. The lowest BCUT2D eigenvalue weighted by molar-refractivity contribution is -0.254. The van der Waals surface area contributed by atoms with Crippen molar-refractivity contribution in [3.8, 4) is 0 Å². The van der Waals surface area contributed by atoms with Gasteiger partial charge in [0.05, 0.1) is 16.6 Å². The number of rotatable bonds is 4. The summed E-state index contributed by atoms with van der Waals surface area (Å²) in [6.45, 7) is 3.44. The van der Waals surface area contributed by atoms with E-state index in [1.54, 1.807) is 19.1 Å². The first-order valence-corrected chi connectivity index (χ1v) is 8.06. The van der Waals surface area contributed by atoms with Crippen LogP contribution in [-0.4, -0.2) is 14.4 Å². The third-order valence-corrected chi connectivity index (χ3v) is 5.05. The number of nitrogens with one attached hydrogen (secondary N) is 1. The van der Waals surface area contributed by atoms with Crippen LogP contribution in [0.25, 0.3) is 0 Å². The van der Waals surface area contributed by atoms with E-state index in [1.807, 2.05) is 6.92 Å². The molecule has 0 bridgehead atoms. The third kappa shape index (κ3) is 2.83. The average molecular weight is 310 g/mol. The molecule has 106 valence electrons. The molecule has 0 aliphatic heterocycles. The Kier molecular flexibility index (Phi) is 3.82. The molecule has 0 radical (unpaired) electrons. The van der Waals surface area contributed by atoms with E-state index in [-0.39, 0.29) is 16.1 Å². The van der Waals surface area contributed by atoms with Crippen molar-refractivity contribution in [3.05, 3.63) is 45.6 Å². The minimum absolute atomic E-state index is 0.0353. The van der Waals surface area contributed by atoms with Crippen LogP contribution in [-0.2, 0) is 10.0 Å². The van der Waals surface area contributed by atoms with Crippen LogP contribution in [0.1, 0.15) is 20.8 Å². The summed E-state index contributed by atoms with van der Waals surface area (Å²) in [5.74, 6) is -1.40. The molecule has 1 aromatic heterocycles. The highest BCUT2D eigenvalue weighted by atomic mass is 32.2. The SMILES string of the molecule is Cc1ccc(S(=O)(=O)Nc2csc(C)c2C(=O)[O-])cc1. The van der Waals surface area contributed by atoms with Gasteiger partial charge in [0.25, 0.3) is 10.0 Å². The predicted octanol–water partition coefficient (Wildman–Crippen LogP) is 1.53. The van der Waals surface area contributed by atoms with Gasteiger partial charge in [-0.15, -0.1) is 11.3 Å². The van der Waals surface area contributed by atoms with E-state index in [2.05, 4.69) is 4.72 Å². The van der Waals surface area contributed by atoms with Gasteiger partial charge in [-0.2, -0.15) is 0 Å². The molecule has 0 fully saturated rings. The Bertz CT molecular complexity index is 745. The quantitative estimate of drug-likeness (QED) is 0.928. The summed E-state index contributed by atoms with van der Waals surface area (Å²) in [5, 5.41) is 12.5. The fraction of sp³-hybridized carbons (Fsp3) is 0.154. The van der Waals surface area contributed by atoms with Gasteiger partial charge in [-0.3, -0.25) is 4.72 Å².